The minimum atomic E-state index is -4.89. The number of nitrogens with zero attached hydrogens (tertiary/aromatic N) is 2. The van der Waals surface area contributed by atoms with Crippen molar-refractivity contribution in [1.29, 1.82) is 0 Å². The standard InChI is InChI=1S/C8H8ClF3N2O2S/c1-3-17(15,16)5-6(8(10,11)12)13-4(2)14-7(5)9/h3H2,1-2H3. The summed E-state index contributed by atoms with van der Waals surface area (Å²) in [6.07, 6.45) is -4.89. The van der Waals surface area contributed by atoms with Gasteiger partial charge < -0.3 is 0 Å². The van der Waals surface area contributed by atoms with Crippen LogP contribution in [-0.2, 0) is 16.0 Å². The first-order valence-electron chi connectivity index (χ1n) is 4.43. The number of hydrogen-bond acceptors (Lipinski definition) is 4. The fourth-order valence-electron chi connectivity index (χ4n) is 1.14. The van der Waals surface area contributed by atoms with Crippen molar-refractivity contribution < 1.29 is 21.6 Å². The summed E-state index contributed by atoms with van der Waals surface area (Å²) in [6.45, 7) is 2.41. The second kappa shape index (κ2) is 4.41. The summed E-state index contributed by atoms with van der Waals surface area (Å²) >= 11 is 5.47. The molecule has 0 aliphatic rings. The molecule has 0 aromatic carbocycles. The Morgan fingerprint density at radius 3 is 2.24 bits per heavy atom. The summed E-state index contributed by atoms with van der Waals surface area (Å²) in [5.74, 6) is -0.750. The molecule has 0 saturated carbocycles. The van der Waals surface area contributed by atoms with Crippen LogP contribution < -0.4 is 0 Å². The van der Waals surface area contributed by atoms with Crippen molar-refractivity contribution >= 4 is 21.4 Å². The van der Waals surface area contributed by atoms with Crippen molar-refractivity contribution in [1.82, 2.24) is 9.97 Å². The van der Waals surface area contributed by atoms with E-state index in [4.69, 9.17) is 11.6 Å². The van der Waals surface area contributed by atoms with Crippen LogP contribution in [0.15, 0.2) is 4.90 Å². The Bertz CT molecular complexity index is 542. The topological polar surface area (TPSA) is 59.9 Å². The molecule has 0 bridgehead atoms. The van der Waals surface area contributed by atoms with Gasteiger partial charge in [0.05, 0.1) is 5.75 Å². The number of aromatic nitrogens is 2. The highest BCUT2D eigenvalue weighted by Gasteiger charge is 2.41. The van der Waals surface area contributed by atoms with E-state index in [-0.39, 0.29) is 5.82 Å². The van der Waals surface area contributed by atoms with Crippen LogP contribution in [0.25, 0.3) is 0 Å². The molecule has 1 aromatic rings. The molecular weight excluding hydrogens is 281 g/mol. The molecule has 9 heteroatoms. The lowest BCUT2D eigenvalue weighted by molar-refractivity contribution is -0.143. The number of aryl methyl sites for hydroxylation is 1. The number of hydrogen-bond donors (Lipinski definition) is 0. The Labute approximate surface area is 101 Å². The monoisotopic (exact) mass is 288 g/mol. The van der Waals surface area contributed by atoms with E-state index in [1.165, 1.54) is 13.8 Å². The second-order valence-electron chi connectivity index (χ2n) is 3.14. The highest BCUT2D eigenvalue weighted by Crippen LogP contribution is 2.35. The third-order valence-corrected chi connectivity index (χ3v) is 4.05. The summed E-state index contributed by atoms with van der Waals surface area (Å²) in [6, 6.07) is 0. The maximum Gasteiger partial charge on any atom is 0.434 e. The molecule has 4 nitrogen and oxygen atoms in total. The highest BCUT2D eigenvalue weighted by atomic mass is 35.5. The van der Waals surface area contributed by atoms with Gasteiger partial charge in [0.25, 0.3) is 0 Å². The molecule has 0 amide bonds. The third kappa shape index (κ3) is 2.86. The maximum absolute atomic E-state index is 12.7. The lowest BCUT2D eigenvalue weighted by Gasteiger charge is -2.12. The molecular formula is C8H8ClF3N2O2S. The first-order valence-corrected chi connectivity index (χ1v) is 6.46. The van der Waals surface area contributed by atoms with Gasteiger partial charge in [-0.3, -0.25) is 0 Å². The molecule has 0 saturated heterocycles. The van der Waals surface area contributed by atoms with Gasteiger partial charge in [0, 0.05) is 0 Å². The van der Waals surface area contributed by atoms with E-state index in [9.17, 15) is 21.6 Å². The van der Waals surface area contributed by atoms with Crippen LogP contribution in [0.2, 0.25) is 5.15 Å². The summed E-state index contributed by atoms with van der Waals surface area (Å²) in [5, 5.41) is -0.702. The lowest BCUT2D eigenvalue weighted by atomic mass is 10.4. The molecule has 1 heterocycles. The summed E-state index contributed by atoms with van der Waals surface area (Å²) in [5.41, 5.74) is -1.52. The van der Waals surface area contributed by atoms with Crippen LogP contribution in [0.3, 0.4) is 0 Å². The molecule has 1 aromatic heterocycles. The van der Waals surface area contributed by atoms with Gasteiger partial charge in [0.2, 0.25) is 0 Å². The first kappa shape index (κ1) is 14.2. The predicted octanol–water partition coefficient (Wildman–Crippen LogP) is 2.25. The Kier molecular flexibility index (Phi) is 3.68. The van der Waals surface area contributed by atoms with Gasteiger partial charge in [-0.1, -0.05) is 18.5 Å². The minimum absolute atomic E-state index is 0.239. The van der Waals surface area contributed by atoms with Crippen LogP contribution in [-0.4, -0.2) is 24.1 Å². The Balaban J connectivity index is 3.71. The molecule has 0 aliphatic heterocycles. The second-order valence-corrected chi connectivity index (χ2v) is 5.71. The van der Waals surface area contributed by atoms with Gasteiger partial charge in [-0.25, -0.2) is 18.4 Å². The molecule has 0 radical (unpaired) electrons. The van der Waals surface area contributed by atoms with Crippen molar-refractivity contribution in [2.24, 2.45) is 0 Å². The van der Waals surface area contributed by atoms with E-state index in [0.29, 0.717) is 0 Å². The molecule has 0 unspecified atom stereocenters. The van der Waals surface area contributed by atoms with Gasteiger partial charge in [-0.05, 0) is 6.92 Å². The molecule has 0 spiro atoms. The SMILES string of the molecule is CCS(=O)(=O)c1c(Cl)nc(C)nc1C(F)(F)F. The van der Waals surface area contributed by atoms with Crippen molar-refractivity contribution in [3.8, 4) is 0 Å². The molecule has 0 aliphatic carbocycles. The molecule has 0 N–H and O–H groups in total. The van der Waals surface area contributed by atoms with Crippen LogP contribution in [0.1, 0.15) is 18.4 Å². The maximum atomic E-state index is 12.7. The largest absolute Gasteiger partial charge is 0.434 e. The average molecular weight is 289 g/mol. The predicted molar refractivity (Wildman–Crippen MR) is 54.5 cm³/mol. The fourth-order valence-corrected chi connectivity index (χ4v) is 2.75. The van der Waals surface area contributed by atoms with Gasteiger partial charge >= 0.3 is 6.18 Å². The number of rotatable bonds is 2. The van der Waals surface area contributed by atoms with Gasteiger partial charge in [-0.2, -0.15) is 13.2 Å². The van der Waals surface area contributed by atoms with Gasteiger partial charge in [-0.15, -0.1) is 0 Å². The fraction of sp³-hybridized carbons (Fsp3) is 0.500. The van der Waals surface area contributed by atoms with Crippen LogP contribution in [0, 0.1) is 6.92 Å². The Morgan fingerprint density at radius 2 is 1.82 bits per heavy atom. The number of sulfone groups is 1. The third-order valence-electron chi connectivity index (χ3n) is 1.90. The lowest BCUT2D eigenvalue weighted by Crippen LogP contribution is -2.19. The van der Waals surface area contributed by atoms with Crippen molar-refractivity contribution in [2.45, 2.75) is 24.9 Å². The zero-order chi connectivity index (χ0) is 13.4. The van der Waals surface area contributed by atoms with Gasteiger partial charge in [0.15, 0.2) is 20.7 Å². The quantitative estimate of drug-likeness (QED) is 0.783. The van der Waals surface area contributed by atoms with E-state index in [2.05, 4.69) is 9.97 Å². The zero-order valence-corrected chi connectivity index (χ0v) is 10.4. The molecule has 96 valence electrons. The smallest absolute Gasteiger partial charge is 0.227 e. The van der Waals surface area contributed by atoms with Crippen molar-refractivity contribution in [2.75, 3.05) is 5.75 Å². The first-order chi connectivity index (χ1) is 7.59. The molecule has 17 heavy (non-hydrogen) atoms. The highest BCUT2D eigenvalue weighted by molar-refractivity contribution is 7.91. The van der Waals surface area contributed by atoms with Crippen LogP contribution >= 0.6 is 11.6 Å². The van der Waals surface area contributed by atoms with Crippen LogP contribution in [0.4, 0.5) is 13.2 Å². The van der Waals surface area contributed by atoms with Gasteiger partial charge in [0.1, 0.15) is 10.7 Å². The summed E-state index contributed by atoms with van der Waals surface area (Å²) < 4.78 is 61.1. The van der Waals surface area contributed by atoms with Crippen LogP contribution in [0.5, 0.6) is 0 Å². The zero-order valence-electron chi connectivity index (χ0n) is 8.84. The van der Waals surface area contributed by atoms with E-state index >= 15 is 0 Å². The van der Waals surface area contributed by atoms with E-state index in [1.54, 1.807) is 0 Å². The molecule has 0 atom stereocenters. The van der Waals surface area contributed by atoms with Crippen molar-refractivity contribution in [3.63, 3.8) is 0 Å². The van der Waals surface area contributed by atoms with Crippen molar-refractivity contribution in [3.05, 3.63) is 16.7 Å². The average Bonchev–Trinajstić information content (AvgIpc) is 2.14. The Hall–Kier alpha value is -0.890. The summed E-state index contributed by atoms with van der Waals surface area (Å²) in [7, 11) is -4.14. The number of halogens is 4. The number of alkyl halides is 3. The Morgan fingerprint density at radius 1 is 1.29 bits per heavy atom. The minimum Gasteiger partial charge on any atom is -0.227 e. The van der Waals surface area contributed by atoms with E-state index in [1.807, 2.05) is 0 Å². The molecule has 0 fully saturated rings. The molecule has 1 rings (SSSR count). The van der Waals surface area contributed by atoms with E-state index in [0.717, 1.165) is 0 Å². The normalized spacial score (nSPS) is 12.8. The van der Waals surface area contributed by atoms with E-state index < -0.39 is 37.5 Å². The summed E-state index contributed by atoms with van der Waals surface area (Å²) in [4.78, 5) is 5.50.